The van der Waals surface area contributed by atoms with E-state index in [9.17, 15) is 27.9 Å². The molecule has 8 nitrogen and oxygen atoms in total. The number of aromatic nitrogens is 2. The number of imidazole rings is 1. The van der Waals surface area contributed by atoms with Gasteiger partial charge in [0.25, 0.3) is 5.91 Å². The Balaban J connectivity index is 1.89. The number of methoxy groups -OCH3 is 2. The molecule has 0 aliphatic rings. The number of hydrogen-bond donors (Lipinski definition) is 1. The quantitative estimate of drug-likeness (QED) is 0.345. The SMILES string of the molecule is COC(=O)C(CO)N(Cc1nc2cc(C(F)(F)F)ccc2n1-c1ccc(OC)cc1)C(=O)c1ccccc1. The molecule has 38 heavy (non-hydrogen) atoms. The van der Waals surface area contributed by atoms with E-state index in [1.165, 1.54) is 13.2 Å². The summed E-state index contributed by atoms with van der Waals surface area (Å²) in [7, 11) is 2.63. The van der Waals surface area contributed by atoms with Crippen LogP contribution in [-0.4, -0.2) is 58.3 Å². The number of hydrogen-bond acceptors (Lipinski definition) is 6. The molecule has 4 aromatic rings. The van der Waals surface area contributed by atoms with Crippen molar-refractivity contribution in [1.29, 1.82) is 0 Å². The highest BCUT2D eigenvalue weighted by atomic mass is 19.4. The van der Waals surface area contributed by atoms with Gasteiger partial charge in [-0.3, -0.25) is 9.36 Å². The third-order valence-electron chi connectivity index (χ3n) is 6.00. The molecule has 1 heterocycles. The fourth-order valence-electron chi connectivity index (χ4n) is 4.09. The number of aliphatic hydroxyl groups is 1. The molecular formula is C27H24F3N3O5. The fourth-order valence-corrected chi connectivity index (χ4v) is 4.09. The lowest BCUT2D eigenvalue weighted by molar-refractivity contribution is -0.147. The Morgan fingerprint density at radius 1 is 1.03 bits per heavy atom. The van der Waals surface area contributed by atoms with Crippen LogP contribution in [0, 0.1) is 0 Å². The van der Waals surface area contributed by atoms with Gasteiger partial charge in [0.15, 0.2) is 6.04 Å². The summed E-state index contributed by atoms with van der Waals surface area (Å²) >= 11 is 0. The summed E-state index contributed by atoms with van der Waals surface area (Å²) in [6.07, 6.45) is -4.58. The highest BCUT2D eigenvalue weighted by Crippen LogP contribution is 2.33. The van der Waals surface area contributed by atoms with Crippen molar-refractivity contribution in [2.24, 2.45) is 0 Å². The molecule has 0 fully saturated rings. The number of esters is 1. The number of alkyl halides is 3. The Hall–Kier alpha value is -4.38. The standard InChI is InChI=1S/C27H24F3N3O5/c1-37-20-11-9-19(10-12-20)33-22-13-8-18(27(28,29)30)14-21(22)31-24(33)15-32(23(16-34)26(36)38-2)25(35)17-6-4-3-5-7-17/h3-14,23,34H,15-16H2,1-2H3. The lowest BCUT2D eigenvalue weighted by Gasteiger charge is -2.29. The van der Waals surface area contributed by atoms with Crippen LogP contribution >= 0.6 is 0 Å². The summed E-state index contributed by atoms with van der Waals surface area (Å²) in [5, 5.41) is 10.0. The van der Waals surface area contributed by atoms with Gasteiger partial charge in [0.05, 0.1) is 44.0 Å². The van der Waals surface area contributed by atoms with Gasteiger partial charge in [-0.25, -0.2) is 9.78 Å². The molecule has 11 heteroatoms. The van der Waals surface area contributed by atoms with E-state index in [-0.39, 0.29) is 23.4 Å². The summed E-state index contributed by atoms with van der Waals surface area (Å²) in [6, 6.07) is 16.6. The van der Waals surface area contributed by atoms with E-state index in [0.29, 0.717) is 17.0 Å². The zero-order valence-electron chi connectivity index (χ0n) is 20.5. The summed E-state index contributed by atoms with van der Waals surface area (Å²) < 4.78 is 51.9. The lowest BCUT2D eigenvalue weighted by Crippen LogP contribution is -2.47. The minimum absolute atomic E-state index is 0.0383. The van der Waals surface area contributed by atoms with Crippen LogP contribution in [0.5, 0.6) is 5.75 Å². The van der Waals surface area contributed by atoms with Crippen LogP contribution in [0.1, 0.15) is 21.7 Å². The summed E-state index contributed by atoms with van der Waals surface area (Å²) in [5.74, 6) is -0.732. The normalized spacial score (nSPS) is 12.3. The molecule has 4 rings (SSSR count). The first-order valence-electron chi connectivity index (χ1n) is 11.5. The predicted octanol–water partition coefficient (Wildman–Crippen LogP) is 4.23. The second kappa shape index (κ2) is 10.9. The van der Waals surface area contributed by atoms with E-state index in [1.54, 1.807) is 59.2 Å². The van der Waals surface area contributed by atoms with E-state index in [4.69, 9.17) is 9.47 Å². The molecule has 0 aliphatic carbocycles. The molecule has 0 aliphatic heterocycles. The first kappa shape index (κ1) is 26.7. The fraction of sp³-hybridized carbons (Fsp3) is 0.222. The topological polar surface area (TPSA) is 93.9 Å². The number of nitrogens with zero attached hydrogens (tertiary/aromatic N) is 3. The van der Waals surface area contributed by atoms with Gasteiger partial charge in [0.2, 0.25) is 0 Å². The Bertz CT molecular complexity index is 1440. The second-order valence-corrected chi connectivity index (χ2v) is 8.28. The number of amides is 1. The minimum atomic E-state index is -4.58. The maximum atomic E-state index is 13.5. The zero-order valence-corrected chi connectivity index (χ0v) is 20.5. The third-order valence-corrected chi connectivity index (χ3v) is 6.00. The van der Waals surface area contributed by atoms with Gasteiger partial charge in [-0.05, 0) is 54.6 Å². The van der Waals surface area contributed by atoms with Crippen LogP contribution in [-0.2, 0) is 22.3 Å². The number of ether oxygens (including phenoxy) is 2. The molecule has 1 unspecified atom stereocenters. The lowest BCUT2D eigenvalue weighted by atomic mass is 10.1. The maximum absolute atomic E-state index is 13.5. The van der Waals surface area contributed by atoms with Crippen LogP contribution in [0.2, 0.25) is 0 Å². The van der Waals surface area contributed by atoms with Crippen LogP contribution in [0.25, 0.3) is 16.7 Å². The maximum Gasteiger partial charge on any atom is 0.416 e. The molecule has 1 atom stereocenters. The number of halogens is 3. The van der Waals surface area contributed by atoms with E-state index in [0.717, 1.165) is 24.1 Å². The van der Waals surface area contributed by atoms with E-state index in [2.05, 4.69) is 4.98 Å². The van der Waals surface area contributed by atoms with E-state index >= 15 is 0 Å². The van der Waals surface area contributed by atoms with Crippen LogP contribution in [0.3, 0.4) is 0 Å². The average molecular weight is 527 g/mol. The molecule has 1 N–H and O–H groups in total. The van der Waals surface area contributed by atoms with E-state index in [1.807, 2.05) is 0 Å². The zero-order chi connectivity index (χ0) is 27.4. The van der Waals surface area contributed by atoms with Crippen LogP contribution < -0.4 is 4.74 Å². The number of carbonyl (C=O) groups is 2. The highest BCUT2D eigenvalue weighted by molar-refractivity contribution is 5.97. The van der Waals surface area contributed by atoms with Gasteiger partial charge in [-0.2, -0.15) is 13.2 Å². The molecule has 0 saturated carbocycles. The molecule has 0 bridgehead atoms. The van der Waals surface area contributed by atoms with Gasteiger partial charge in [-0.1, -0.05) is 18.2 Å². The molecule has 198 valence electrons. The van der Waals surface area contributed by atoms with Gasteiger partial charge < -0.3 is 19.5 Å². The van der Waals surface area contributed by atoms with Gasteiger partial charge in [0.1, 0.15) is 11.6 Å². The first-order chi connectivity index (χ1) is 18.2. The molecule has 0 saturated heterocycles. The van der Waals surface area contributed by atoms with Crippen LogP contribution in [0.15, 0.2) is 72.8 Å². The van der Waals surface area contributed by atoms with Crippen molar-refractivity contribution in [1.82, 2.24) is 14.5 Å². The number of fused-ring (bicyclic) bond motifs is 1. The number of benzene rings is 3. The van der Waals surface area contributed by atoms with Crippen molar-refractivity contribution < 1.29 is 37.3 Å². The third kappa shape index (κ3) is 5.32. The van der Waals surface area contributed by atoms with Crippen molar-refractivity contribution in [2.75, 3.05) is 20.8 Å². The molecule has 0 radical (unpaired) electrons. The van der Waals surface area contributed by atoms with Crippen molar-refractivity contribution in [2.45, 2.75) is 18.8 Å². The number of aliphatic hydroxyl groups excluding tert-OH is 1. The number of carbonyl (C=O) groups excluding carboxylic acids is 2. The predicted molar refractivity (Wildman–Crippen MR) is 132 cm³/mol. The molecule has 1 aromatic heterocycles. The van der Waals surface area contributed by atoms with Gasteiger partial charge in [-0.15, -0.1) is 0 Å². The number of rotatable bonds is 8. The molecule has 0 spiro atoms. The summed E-state index contributed by atoms with van der Waals surface area (Å²) in [6.45, 7) is -1.07. The minimum Gasteiger partial charge on any atom is -0.497 e. The van der Waals surface area contributed by atoms with Crippen molar-refractivity contribution in [3.8, 4) is 11.4 Å². The van der Waals surface area contributed by atoms with Gasteiger partial charge in [0, 0.05) is 11.3 Å². The van der Waals surface area contributed by atoms with Crippen molar-refractivity contribution >= 4 is 22.9 Å². The molecule has 3 aromatic carbocycles. The van der Waals surface area contributed by atoms with E-state index < -0.39 is 36.3 Å². The Morgan fingerprint density at radius 2 is 1.71 bits per heavy atom. The summed E-state index contributed by atoms with van der Waals surface area (Å²) in [5.41, 5.74) is 0.284. The van der Waals surface area contributed by atoms with Crippen LogP contribution in [0.4, 0.5) is 13.2 Å². The molecular weight excluding hydrogens is 503 g/mol. The monoisotopic (exact) mass is 527 g/mol. The Labute approximate surface area is 215 Å². The first-order valence-corrected chi connectivity index (χ1v) is 11.5. The van der Waals surface area contributed by atoms with Crippen molar-refractivity contribution in [3.05, 3.63) is 89.7 Å². The smallest absolute Gasteiger partial charge is 0.416 e. The average Bonchev–Trinajstić information content (AvgIpc) is 3.29. The highest BCUT2D eigenvalue weighted by Gasteiger charge is 2.34. The molecule has 1 amide bonds. The largest absolute Gasteiger partial charge is 0.497 e. The van der Waals surface area contributed by atoms with Crippen molar-refractivity contribution in [3.63, 3.8) is 0 Å². The Morgan fingerprint density at radius 3 is 2.29 bits per heavy atom. The Kier molecular flexibility index (Phi) is 7.67. The second-order valence-electron chi connectivity index (χ2n) is 8.28. The summed E-state index contributed by atoms with van der Waals surface area (Å²) in [4.78, 5) is 31.5. The van der Waals surface area contributed by atoms with Gasteiger partial charge >= 0.3 is 12.1 Å².